The second kappa shape index (κ2) is 7.40. The van der Waals surface area contributed by atoms with Crippen molar-refractivity contribution in [3.63, 3.8) is 0 Å². The van der Waals surface area contributed by atoms with Gasteiger partial charge < -0.3 is 30.2 Å². The van der Waals surface area contributed by atoms with E-state index in [2.05, 4.69) is 9.97 Å². The minimum atomic E-state index is -1.61. The Kier molecular flexibility index (Phi) is 5.31. The molecule has 0 bridgehead atoms. The molecule has 0 aliphatic carbocycles. The van der Waals surface area contributed by atoms with Gasteiger partial charge in [-0.15, -0.1) is 0 Å². The quantitative estimate of drug-likeness (QED) is 0.378. The Morgan fingerprint density at radius 1 is 1.00 bits per heavy atom. The number of anilines is 4. The molecule has 0 saturated carbocycles. The summed E-state index contributed by atoms with van der Waals surface area (Å²) in [5, 5.41) is 39.1. The zero-order chi connectivity index (χ0) is 20.7. The Morgan fingerprint density at radius 2 is 1.61 bits per heavy atom. The third kappa shape index (κ3) is 3.31. The molecule has 10 nitrogen and oxygen atoms in total. The van der Waals surface area contributed by atoms with Crippen molar-refractivity contribution in [3.05, 3.63) is 44.1 Å². The highest BCUT2D eigenvalue weighted by atomic mass is 16.4. The molecular formula is C18H24N4O6. The SMILES string of the molecule is Cc1cc2c(cc1C)N(CC(O)C(O)C(O)CO)c1[nH]c(=O)[nH]c(=O)c1N2C. The molecule has 0 fully saturated rings. The second-order valence-corrected chi connectivity index (χ2v) is 7.01. The van der Waals surface area contributed by atoms with E-state index in [4.69, 9.17) is 5.11 Å². The first-order valence-electron chi connectivity index (χ1n) is 8.79. The van der Waals surface area contributed by atoms with Gasteiger partial charge in [-0.25, -0.2) is 4.79 Å². The van der Waals surface area contributed by atoms with Gasteiger partial charge in [0.15, 0.2) is 0 Å². The maximum absolute atomic E-state index is 12.4. The van der Waals surface area contributed by atoms with Gasteiger partial charge in [0.25, 0.3) is 5.56 Å². The number of rotatable bonds is 5. The summed E-state index contributed by atoms with van der Waals surface area (Å²) in [7, 11) is 1.69. The van der Waals surface area contributed by atoms with E-state index in [1.54, 1.807) is 11.9 Å². The number of H-pyrrole nitrogens is 2. The predicted octanol–water partition coefficient (Wildman–Crippen LogP) is -1.03. The van der Waals surface area contributed by atoms with Crippen LogP contribution in [0.3, 0.4) is 0 Å². The van der Waals surface area contributed by atoms with Gasteiger partial charge in [-0.3, -0.25) is 14.8 Å². The van der Waals surface area contributed by atoms with E-state index in [0.29, 0.717) is 11.4 Å². The van der Waals surface area contributed by atoms with Gasteiger partial charge in [0, 0.05) is 7.05 Å². The van der Waals surface area contributed by atoms with Crippen LogP contribution in [0.25, 0.3) is 0 Å². The average molecular weight is 392 g/mol. The van der Waals surface area contributed by atoms with Crippen LogP contribution in [0.15, 0.2) is 21.7 Å². The smallest absolute Gasteiger partial charge is 0.327 e. The monoisotopic (exact) mass is 392 g/mol. The van der Waals surface area contributed by atoms with Crippen LogP contribution in [-0.2, 0) is 0 Å². The number of aliphatic hydroxyl groups excluding tert-OH is 4. The first-order chi connectivity index (χ1) is 13.1. The highest BCUT2D eigenvalue weighted by Crippen LogP contribution is 2.45. The summed E-state index contributed by atoms with van der Waals surface area (Å²) in [6.07, 6.45) is -4.60. The standard InChI is InChI=1S/C18H24N4O6/c1-8-4-10-11(5-9(8)2)22(6-12(24)15(26)13(25)7-23)16-14(21(10)3)17(27)20-18(28)19-16/h4-5,12-13,15,23-26H,6-7H2,1-3H3,(H2,19,20,27,28). The molecule has 3 rings (SSSR count). The molecule has 1 aromatic carbocycles. The molecule has 0 saturated heterocycles. The van der Waals surface area contributed by atoms with Crippen molar-refractivity contribution in [1.82, 2.24) is 9.97 Å². The maximum atomic E-state index is 12.4. The van der Waals surface area contributed by atoms with Crippen LogP contribution in [0.4, 0.5) is 22.9 Å². The number of hydrogen-bond acceptors (Lipinski definition) is 8. The Balaban J connectivity index is 2.16. The van der Waals surface area contributed by atoms with Crippen LogP contribution in [0, 0.1) is 13.8 Å². The molecule has 152 valence electrons. The topological polar surface area (TPSA) is 153 Å². The van der Waals surface area contributed by atoms with Gasteiger partial charge in [0.05, 0.1) is 24.5 Å². The lowest BCUT2D eigenvalue weighted by Gasteiger charge is -2.39. The van der Waals surface area contributed by atoms with E-state index in [0.717, 1.165) is 11.1 Å². The maximum Gasteiger partial charge on any atom is 0.327 e. The number of nitrogens with zero attached hydrogens (tertiary/aromatic N) is 2. The van der Waals surface area contributed by atoms with Crippen molar-refractivity contribution in [2.75, 3.05) is 30.0 Å². The van der Waals surface area contributed by atoms with Crippen LogP contribution in [0.5, 0.6) is 0 Å². The largest absolute Gasteiger partial charge is 0.394 e. The molecule has 2 aromatic rings. The lowest BCUT2D eigenvalue weighted by molar-refractivity contribution is -0.0726. The number of hydrogen-bond donors (Lipinski definition) is 6. The van der Waals surface area contributed by atoms with Crippen molar-refractivity contribution in [3.8, 4) is 0 Å². The third-order valence-electron chi connectivity index (χ3n) is 5.09. The Hall–Kier alpha value is -2.66. The molecular weight excluding hydrogens is 368 g/mol. The Morgan fingerprint density at radius 3 is 2.21 bits per heavy atom. The average Bonchev–Trinajstić information content (AvgIpc) is 2.64. The number of fused-ring (bicyclic) bond motifs is 2. The summed E-state index contributed by atoms with van der Waals surface area (Å²) in [4.78, 5) is 32.3. The zero-order valence-corrected chi connectivity index (χ0v) is 15.8. The van der Waals surface area contributed by atoms with E-state index in [-0.39, 0.29) is 18.1 Å². The van der Waals surface area contributed by atoms with E-state index < -0.39 is 36.2 Å². The molecule has 3 unspecified atom stereocenters. The predicted molar refractivity (Wildman–Crippen MR) is 104 cm³/mol. The van der Waals surface area contributed by atoms with E-state index >= 15 is 0 Å². The lowest BCUT2D eigenvalue weighted by atomic mass is 10.0. The fourth-order valence-corrected chi connectivity index (χ4v) is 3.33. The molecule has 0 spiro atoms. The first-order valence-corrected chi connectivity index (χ1v) is 8.79. The number of aromatic nitrogens is 2. The summed E-state index contributed by atoms with van der Waals surface area (Å²) in [6.45, 7) is 2.89. The van der Waals surface area contributed by atoms with Crippen molar-refractivity contribution in [1.29, 1.82) is 0 Å². The van der Waals surface area contributed by atoms with E-state index in [9.17, 15) is 24.9 Å². The first kappa shape index (κ1) is 20.1. The number of aryl methyl sites for hydroxylation is 2. The number of nitrogens with one attached hydrogen (secondary N) is 2. The Bertz CT molecular complexity index is 1000. The van der Waals surface area contributed by atoms with E-state index in [1.165, 1.54) is 4.90 Å². The van der Waals surface area contributed by atoms with Crippen LogP contribution in [0.2, 0.25) is 0 Å². The number of aromatic amines is 2. The van der Waals surface area contributed by atoms with E-state index in [1.807, 2.05) is 26.0 Å². The zero-order valence-electron chi connectivity index (χ0n) is 15.8. The summed E-state index contributed by atoms with van der Waals surface area (Å²) >= 11 is 0. The summed E-state index contributed by atoms with van der Waals surface area (Å²) in [6, 6.07) is 3.74. The molecule has 1 aliphatic heterocycles. The second-order valence-electron chi connectivity index (χ2n) is 7.01. The Labute approximate surface area is 160 Å². The molecule has 0 radical (unpaired) electrons. The van der Waals surface area contributed by atoms with Crippen molar-refractivity contribution in [2.45, 2.75) is 32.2 Å². The van der Waals surface area contributed by atoms with Crippen LogP contribution >= 0.6 is 0 Å². The highest BCUT2D eigenvalue weighted by molar-refractivity contribution is 5.91. The van der Waals surface area contributed by atoms with Crippen molar-refractivity contribution in [2.24, 2.45) is 0 Å². The summed E-state index contributed by atoms with van der Waals surface area (Å²) in [5.74, 6) is 0.164. The highest BCUT2D eigenvalue weighted by Gasteiger charge is 2.34. The van der Waals surface area contributed by atoms with Gasteiger partial charge in [-0.1, -0.05) is 0 Å². The van der Waals surface area contributed by atoms with Gasteiger partial charge in [0.2, 0.25) is 0 Å². The fourth-order valence-electron chi connectivity index (χ4n) is 3.33. The number of benzene rings is 1. The molecule has 0 amide bonds. The third-order valence-corrected chi connectivity index (χ3v) is 5.09. The van der Waals surface area contributed by atoms with Crippen molar-refractivity contribution < 1.29 is 20.4 Å². The number of β-amino-alcohol motifs (C(OH)–C–C–N with tert-alkyl or cyclic N) is 1. The molecule has 10 heteroatoms. The van der Waals surface area contributed by atoms with Gasteiger partial charge in [-0.05, 0) is 37.1 Å². The van der Waals surface area contributed by atoms with Crippen LogP contribution in [-0.4, -0.2) is 68.9 Å². The minimum absolute atomic E-state index is 0.164. The summed E-state index contributed by atoms with van der Waals surface area (Å²) < 4.78 is 0. The molecule has 1 aliphatic rings. The molecule has 1 aromatic heterocycles. The molecule has 6 N–H and O–H groups in total. The minimum Gasteiger partial charge on any atom is -0.394 e. The molecule has 2 heterocycles. The normalized spacial score (nSPS) is 16.4. The lowest BCUT2D eigenvalue weighted by Crippen LogP contribution is -2.47. The molecule has 3 atom stereocenters. The van der Waals surface area contributed by atoms with Gasteiger partial charge >= 0.3 is 5.69 Å². The van der Waals surface area contributed by atoms with Crippen molar-refractivity contribution >= 4 is 22.9 Å². The van der Waals surface area contributed by atoms with Crippen LogP contribution in [0.1, 0.15) is 11.1 Å². The fraction of sp³-hybridized carbons (Fsp3) is 0.444. The summed E-state index contributed by atoms with van der Waals surface area (Å²) in [5.41, 5.74) is 2.12. The molecule has 28 heavy (non-hydrogen) atoms. The van der Waals surface area contributed by atoms with Crippen LogP contribution < -0.4 is 21.0 Å². The van der Waals surface area contributed by atoms with Gasteiger partial charge in [-0.2, -0.15) is 0 Å². The number of aliphatic hydroxyl groups is 4. The van der Waals surface area contributed by atoms with Gasteiger partial charge in [0.1, 0.15) is 29.8 Å².